The Bertz CT molecular complexity index is 1300. The van der Waals surface area contributed by atoms with Gasteiger partial charge in [0.2, 0.25) is 0 Å². The van der Waals surface area contributed by atoms with Crippen molar-refractivity contribution in [1.29, 1.82) is 0 Å². The molecule has 2 aromatic carbocycles. The summed E-state index contributed by atoms with van der Waals surface area (Å²) in [4.78, 5) is 43.7. The van der Waals surface area contributed by atoms with Gasteiger partial charge in [-0.1, -0.05) is 31.0 Å². The van der Waals surface area contributed by atoms with Crippen LogP contribution >= 0.6 is 12.2 Å². The molecule has 0 bridgehead atoms. The molecule has 1 saturated heterocycles. The molecule has 2 aromatic rings. The van der Waals surface area contributed by atoms with Crippen LogP contribution in [0.15, 0.2) is 59.7 Å². The summed E-state index contributed by atoms with van der Waals surface area (Å²) in [6.07, 6.45) is 4.69. The molecule has 0 spiro atoms. The minimum atomic E-state index is -0.367. The lowest BCUT2D eigenvalue weighted by atomic mass is 10.0. The van der Waals surface area contributed by atoms with Crippen LogP contribution in [-0.4, -0.2) is 65.4 Å². The molecule has 39 heavy (non-hydrogen) atoms. The van der Waals surface area contributed by atoms with Crippen LogP contribution in [0.5, 0.6) is 0 Å². The molecule has 1 N–H and O–H groups in total. The highest BCUT2D eigenvalue weighted by atomic mass is 32.1. The number of nitrogens with one attached hydrogen (secondary N) is 1. The largest absolute Gasteiger partial charge is 0.457 e. The number of fused-ring (bicyclic) bond motifs is 1. The number of carbonyl (C=O) groups excluding carboxylic acids is 3. The normalized spacial score (nSPS) is 17.6. The van der Waals surface area contributed by atoms with E-state index in [1.54, 1.807) is 25.1 Å². The molecule has 2 amide bonds. The number of rotatable bonds is 9. The predicted molar refractivity (Wildman–Crippen MR) is 155 cm³/mol. The number of hydrogen-bond acceptors (Lipinski definition) is 6. The molecule has 8 nitrogen and oxygen atoms in total. The van der Waals surface area contributed by atoms with Gasteiger partial charge in [-0.2, -0.15) is 0 Å². The molecule has 0 radical (unpaired) electrons. The summed E-state index contributed by atoms with van der Waals surface area (Å²) >= 11 is 5.58. The van der Waals surface area contributed by atoms with Crippen molar-refractivity contribution in [3.05, 3.63) is 70.8 Å². The Morgan fingerprint density at radius 3 is 2.44 bits per heavy atom. The molecule has 0 unspecified atom stereocenters. The Kier molecular flexibility index (Phi) is 8.38. The molecule has 5 rings (SSSR count). The average Bonchev–Trinajstić information content (AvgIpc) is 3.42. The lowest BCUT2D eigenvalue weighted by Gasteiger charge is -2.36. The first kappa shape index (κ1) is 27.0. The molecule has 1 fully saturated rings. The number of carbonyl (C=O) groups is 3. The van der Waals surface area contributed by atoms with Crippen LogP contribution in [0.4, 0.5) is 11.4 Å². The molecule has 204 valence electrons. The van der Waals surface area contributed by atoms with Gasteiger partial charge in [-0.25, -0.2) is 9.69 Å². The maximum atomic E-state index is 13.1. The van der Waals surface area contributed by atoms with Gasteiger partial charge in [0.15, 0.2) is 5.11 Å². The fourth-order valence-electron chi connectivity index (χ4n) is 5.36. The number of esters is 1. The Morgan fingerprint density at radius 2 is 1.67 bits per heavy atom. The Labute approximate surface area is 234 Å². The Morgan fingerprint density at radius 1 is 0.923 bits per heavy atom. The van der Waals surface area contributed by atoms with E-state index in [-0.39, 0.29) is 24.4 Å². The van der Waals surface area contributed by atoms with Gasteiger partial charge in [-0.15, -0.1) is 0 Å². The Balaban J connectivity index is 1.01. The number of para-hydroxylation sites is 1. The number of cyclic esters (lactones) is 1. The SMILES string of the molecule is CC1=C(CCCCCCN2CCN(C(=S)Nc3ccccc3)CC2)C(=O)N(c2ccc3c(c2)COC3=O)C1=O. The highest BCUT2D eigenvalue weighted by Crippen LogP contribution is 2.32. The van der Waals surface area contributed by atoms with Crippen LogP contribution in [0.1, 0.15) is 54.9 Å². The molecular formula is C30H34N4O4S. The predicted octanol–water partition coefficient (Wildman–Crippen LogP) is 4.51. The molecule has 9 heteroatoms. The number of anilines is 2. The van der Waals surface area contributed by atoms with E-state index in [1.165, 1.54) is 4.90 Å². The fourth-order valence-corrected chi connectivity index (χ4v) is 5.66. The molecule has 3 aliphatic rings. The zero-order chi connectivity index (χ0) is 27.4. The standard InChI is InChI=1S/C30H34N4O4S/c1-21-25(28(36)34(27(21)35)24-12-13-26-22(19-24)20-38-29(26)37)11-7-2-3-8-14-32-15-17-33(18-16-32)30(39)31-23-9-5-4-6-10-23/h4-6,9-10,12-13,19H,2-3,7-8,11,14-18,20H2,1H3,(H,31,39). The number of nitrogens with zero attached hydrogens (tertiary/aromatic N) is 3. The molecule has 0 aliphatic carbocycles. The minimum absolute atomic E-state index is 0.173. The van der Waals surface area contributed by atoms with Gasteiger partial charge in [-0.3, -0.25) is 14.5 Å². The van der Waals surface area contributed by atoms with E-state index in [0.717, 1.165) is 69.2 Å². The lowest BCUT2D eigenvalue weighted by Crippen LogP contribution is -2.50. The third-order valence-corrected chi connectivity index (χ3v) is 8.06. The van der Waals surface area contributed by atoms with Gasteiger partial charge in [0.1, 0.15) is 6.61 Å². The van der Waals surface area contributed by atoms with Gasteiger partial charge in [0.25, 0.3) is 11.8 Å². The smallest absolute Gasteiger partial charge is 0.338 e. The summed E-state index contributed by atoms with van der Waals surface area (Å²) in [5.41, 5.74) is 3.83. The quantitative estimate of drug-likeness (QED) is 0.213. The molecule has 3 aliphatic heterocycles. The van der Waals surface area contributed by atoms with E-state index < -0.39 is 0 Å². The molecule has 3 heterocycles. The summed E-state index contributed by atoms with van der Waals surface area (Å²) in [6, 6.07) is 15.0. The van der Waals surface area contributed by atoms with Crippen molar-refractivity contribution in [3.63, 3.8) is 0 Å². The molecule has 0 atom stereocenters. The third-order valence-electron chi connectivity index (χ3n) is 7.70. The van der Waals surface area contributed by atoms with E-state index in [9.17, 15) is 14.4 Å². The maximum absolute atomic E-state index is 13.1. The van der Waals surface area contributed by atoms with Crippen molar-refractivity contribution < 1.29 is 19.1 Å². The highest BCUT2D eigenvalue weighted by molar-refractivity contribution is 7.80. The van der Waals surface area contributed by atoms with Gasteiger partial charge >= 0.3 is 5.97 Å². The number of unbranched alkanes of at least 4 members (excludes halogenated alkanes) is 3. The first-order valence-corrected chi connectivity index (χ1v) is 14.0. The second kappa shape index (κ2) is 12.1. The van der Waals surface area contributed by atoms with Crippen molar-refractivity contribution in [1.82, 2.24) is 9.80 Å². The number of thiocarbonyl (C=S) groups is 1. The third kappa shape index (κ3) is 6.04. The second-order valence-electron chi connectivity index (χ2n) is 10.3. The number of hydrogen-bond donors (Lipinski definition) is 1. The van der Waals surface area contributed by atoms with E-state index >= 15 is 0 Å². The zero-order valence-electron chi connectivity index (χ0n) is 22.3. The first-order chi connectivity index (χ1) is 18.9. The van der Waals surface area contributed by atoms with Gasteiger partial charge in [0.05, 0.1) is 11.3 Å². The number of ether oxygens (including phenoxy) is 1. The van der Waals surface area contributed by atoms with Crippen LogP contribution < -0.4 is 10.2 Å². The number of benzene rings is 2. The summed E-state index contributed by atoms with van der Waals surface area (Å²) in [5.74, 6) is -0.897. The van der Waals surface area contributed by atoms with E-state index in [4.69, 9.17) is 17.0 Å². The van der Waals surface area contributed by atoms with Gasteiger partial charge in [0, 0.05) is 48.6 Å². The summed E-state index contributed by atoms with van der Waals surface area (Å²) in [6.45, 7) is 6.81. The average molecular weight is 547 g/mol. The number of piperazine rings is 1. The molecule has 0 saturated carbocycles. The van der Waals surface area contributed by atoms with Gasteiger partial charge < -0.3 is 15.0 Å². The highest BCUT2D eigenvalue weighted by Gasteiger charge is 2.37. The fraction of sp³-hybridized carbons (Fsp3) is 0.400. The molecule has 0 aromatic heterocycles. The lowest BCUT2D eigenvalue weighted by molar-refractivity contribution is -0.120. The zero-order valence-corrected chi connectivity index (χ0v) is 23.1. The number of amides is 2. The summed E-state index contributed by atoms with van der Waals surface area (Å²) < 4.78 is 5.04. The van der Waals surface area contributed by atoms with Crippen molar-refractivity contribution in [2.24, 2.45) is 0 Å². The van der Waals surface area contributed by atoms with Crippen LogP contribution in [0, 0.1) is 0 Å². The van der Waals surface area contributed by atoms with Crippen molar-refractivity contribution in [2.45, 2.75) is 45.6 Å². The Hall–Kier alpha value is -3.56. The first-order valence-electron chi connectivity index (χ1n) is 13.6. The van der Waals surface area contributed by atoms with Crippen LogP contribution in [0.3, 0.4) is 0 Å². The van der Waals surface area contributed by atoms with Crippen LogP contribution in [0.25, 0.3) is 0 Å². The monoisotopic (exact) mass is 546 g/mol. The minimum Gasteiger partial charge on any atom is -0.457 e. The van der Waals surface area contributed by atoms with Crippen molar-refractivity contribution in [2.75, 3.05) is 42.9 Å². The van der Waals surface area contributed by atoms with E-state index in [0.29, 0.717) is 34.4 Å². The van der Waals surface area contributed by atoms with E-state index in [2.05, 4.69) is 15.1 Å². The summed E-state index contributed by atoms with van der Waals surface area (Å²) in [5, 5.41) is 4.10. The van der Waals surface area contributed by atoms with Crippen LogP contribution in [0.2, 0.25) is 0 Å². The van der Waals surface area contributed by atoms with Crippen LogP contribution in [-0.2, 0) is 20.9 Å². The van der Waals surface area contributed by atoms with Gasteiger partial charge in [-0.05, 0) is 75.3 Å². The van der Waals surface area contributed by atoms with Crippen molar-refractivity contribution >= 4 is 46.5 Å². The van der Waals surface area contributed by atoms with Crippen molar-refractivity contribution in [3.8, 4) is 0 Å². The second-order valence-corrected chi connectivity index (χ2v) is 10.6. The molecular weight excluding hydrogens is 512 g/mol. The maximum Gasteiger partial charge on any atom is 0.338 e. The van der Waals surface area contributed by atoms with E-state index in [1.807, 2.05) is 30.3 Å². The topological polar surface area (TPSA) is 82.2 Å². The summed E-state index contributed by atoms with van der Waals surface area (Å²) in [7, 11) is 0. The number of imide groups is 1.